The van der Waals surface area contributed by atoms with Crippen molar-refractivity contribution in [2.75, 3.05) is 12.3 Å². The topological polar surface area (TPSA) is 53.5 Å². The second kappa shape index (κ2) is 5.93. The van der Waals surface area contributed by atoms with Crippen LogP contribution in [0.3, 0.4) is 0 Å². The van der Waals surface area contributed by atoms with Crippen LogP contribution in [0.2, 0.25) is 5.02 Å². The molecule has 1 aliphatic heterocycles. The number of amides is 2. The van der Waals surface area contributed by atoms with Gasteiger partial charge in [-0.15, -0.1) is 0 Å². The van der Waals surface area contributed by atoms with E-state index in [0.29, 0.717) is 16.7 Å². The molecule has 2 rings (SSSR count). The average Bonchev–Trinajstić information content (AvgIpc) is 2.79. The van der Waals surface area contributed by atoms with Gasteiger partial charge in [0, 0.05) is 17.3 Å². The number of halogens is 1. The Labute approximate surface area is 109 Å². The van der Waals surface area contributed by atoms with Gasteiger partial charge in [0.05, 0.1) is 6.54 Å². The number of carbonyl (C=O) groups is 1. The van der Waals surface area contributed by atoms with Gasteiger partial charge in [0.25, 0.3) is 0 Å². The fourth-order valence-corrected chi connectivity index (χ4v) is 2.32. The van der Waals surface area contributed by atoms with Crippen molar-refractivity contribution in [2.24, 2.45) is 4.99 Å². The van der Waals surface area contributed by atoms with Crippen molar-refractivity contribution in [1.29, 1.82) is 0 Å². The van der Waals surface area contributed by atoms with Crippen molar-refractivity contribution < 1.29 is 4.79 Å². The van der Waals surface area contributed by atoms with Gasteiger partial charge >= 0.3 is 6.03 Å². The normalized spacial score (nSPS) is 14.3. The second-order valence-corrected chi connectivity index (χ2v) is 4.99. The number of nitrogens with zero attached hydrogens (tertiary/aromatic N) is 1. The summed E-state index contributed by atoms with van der Waals surface area (Å²) in [6.07, 6.45) is 0. The summed E-state index contributed by atoms with van der Waals surface area (Å²) in [5.41, 5.74) is 0.966. The number of hydrogen-bond donors (Lipinski definition) is 2. The molecule has 0 fully saturated rings. The number of carbonyl (C=O) groups excluding carboxylic acids is 1. The van der Waals surface area contributed by atoms with E-state index in [0.717, 1.165) is 17.9 Å². The number of benzene rings is 1. The smallest absolute Gasteiger partial charge is 0.321 e. The quantitative estimate of drug-likeness (QED) is 0.865. The van der Waals surface area contributed by atoms with Gasteiger partial charge in [-0.25, -0.2) is 4.79 Å². The molecule has 0 saturated heterocycles. The molecule has 4 nitrogen and oxygen atoms in total. The van der Waals surface area contributed by atoms with Gasteiger partial charge in [-0.05, 0) is 17.7 Å². The van der Waals surface area contributed by atoms with Crippen LogP contribution in [0.4, 0.5) is 4.79 Å². The van der Waals surface area contributed by atoms with Crippen molar-refractivity contribution in [1.82, 2.24) is 10.6 Å². The Morgan fingerprint density at radius 1 is 1.53 bits per heavy atom. The maximum Gasteiger partial charge on any atom is 0.321 e. The lowest BCUT2D eigenvalue weighted by Crippen LogP contribution is -2.37. The van der Waals surface area contributed by atoms with Crippen LogP contribution in [0.25, 0.3) is 0 Å². The summed E-state index contributed by atoms with van der Waals surface area (Å²) in [7, 11) is 0. The molecule has 2 amide bonds. The highest BCUT2D eigenvalue weighted by molar-refractivity contribution is 8.14. The fraction of sp³-hybridized carbons (Fsp3) is 0.273. The van der Waals surface area contributed by atoms with Crippen LogP contribution in [0.1, 0.15) is 5.56 Å². The predicted molar refractivity (Wildman–Crippen MR) is 71.6 cm³/mol. The maximum absolute atomic E-state index is 11.5. The van der Waals surface area contributed by atoms with E-state index in [1.807, 2.05) is 18.2 Å². The maximum atomic E-state index is 11.5. The lowest BCUT2D eigenvalue weighted by atomic mass is 10.2. The highest BCUT2D eigenvalue weighted by Gasteiger charge is 2.10. The molecule has 1 aromatic rings. The van der Waals surface area contributed by atoms with Crippen molar-refractivity contribution in [3.8, 4) is 0 Å². The highest BCUT2D eigenvalue weighted by Crippen LogP contribution is 2.10. The van der Waals surface area contributed by atoms with Gasteiger partial charge in [-0.2, -0.15) is 0 Å². The SMILES string of the molecule is O=C(NCc1cccc(Cl)c1)NC1=NCCS1. The molecule has 0 saturated carbocycles. The van der Waals surface area contributed by atoms with E-state index < -0.39 is 0 Å². The first-order valence-electron chi connectivity index (χ1n) is 5.20. The Balaban J connectivity index is 1.79. The third kappa shape index (κ3) is 3.94. The molecule has 1 heterocycles. The Bertz CT molecular complexity index is 450. The molecule has 0 bridgehead atoms. The minimum atomic E-state index is -0.238. The summed E-state index contributed by atoms with van der Waals surface area (Å²) < 4.78 is 0. The molecular formula is C11H12ClN3OS. The molecule has 0 radical (unpaired) electrons. The van der Waals surface area contributed by atoms with Gasteiger partial charge in [-0.1, -0.05) is 35.5 Å². The Kier molecular flexibility index (Phi) is 4.28. The zero-order valence-electron chi connectivity index (χ0n) is 9.07. The molecule has 0 spiro atoms. The lowest BCUT2D eigenvalue weighted by Gasteiger charge is -2.06. The van der Waals surface area contributed by atoms with E-state index in [-0.39, 0.29) is 6.03 Å². The molecule has 1 aliphatic rings. The predicted octanol–water partition coefficient (Wildman–Crippen LogP) is 2.24. The van der Waals surface area contributed by atoms with Gasteiger partial charge in [0.1, 0.15) is 0 Å². The number of hydrogen-bond acceptors (Lipinski definition) is 3. The summed E-state index contributed by atoms with van der Waals surface area (Å²) in [4.78, 5) is 15.6. The van der Waals surface area contributed by atoms with E-state index >= 15 is 0 Å². The van der Waals surface area contributed by atoms with Crippen LogP contribution in [-0.4, -0.2) is 23.5 Å². The molecular weight excluding hydrogens is 258 g/mol. The summed E-state index contributed by atoms with van der Waals surface area (Å²) >= 11 is 7.40. The molecule has 1 aromatic carbocycles. The summed E-state index contributed by atoms with van der Waals surface area (Å²) in [5.74, 6) is 0.934. The Morgan fingerprint density at radius 2 is 2.41 bits per heavy atom. The van der Waals surface area contributed by atoms with Crippen LogP contribution < -0.4 is 10.6 Å². The van der Waals surface area contributed by atoms with Crippen LogP contribution >= 0.6 is 23.4 Å². The summed E-state index contributed by atoms with van der Waals surface area (Å²) in [5, 5.41) is 6.80. The molecule has 0 aliphatic carbocycles. The molecule has 17 heavy (non-hydrogen) atoms. The molecule has 0 atom stereocenters. The summed E-state index contributed by atoms with van der Waals surface area (Å²) in [6, 6.07) is 7.15. The Hall–Kier alpha value is -1.20. The first-order chi connectivity index (χ1) is 8.24. The standard InChI is InChI=1S/C11H12ClN3OS/c12-9-3-1-2-8(6-9)7-14-10(16)15-11-13-4-5-17-11/h1-3,6H,4-5,7H2,(H2,13,14,15,16). The monoisotopic (exact) mass is 269 g/mol. The number of urea groups is 1. The highest BCUT2D eigenvalue weighted by atomic mass is 35.5. The minimum Gasteiger partial charge on any atom is -0.334 e. The van der Waals surface area contributed by atoms with Gasteiger partial charge < -0.3 is 5.32 Å². The first-order valence-corrected chi connectivity index (χ1v) is 6.57. The molecule has 2 N–H and O–H groups in total. The van der Waals surface area contributed by atoms with E-state index in [9.17, 15) is 4.79 Å². The van der Waals surface area contributed by atoms with Gasteiger partial charge in [0.15, 0.2) is 5.17 Å². The number of thioether (sulfide) groups is 1. The van der Waals surface area contributed by atoms with Gasteiger partial charge in [-0.3, -0.25) is 10.3 Å². The zero-order valence-corrected chi connectivity index (χ0v) is 10.6. The number of nitrogens with one attached hydrogen (secondary N) is 2. The largest absolute Gasteiger partial charge is 0.334 e. The van der Waals surface area contributed by atoms with Crippen molar-refractivity contribution in [3.05, 3.63) is 34.9 Å². The van der Waals surface area contributed by atoms with Crippen LogP contribution in [-0.2, 0) is 6.54 Å². The van der Waals surface area contributed by atoms with Crippen LogP contribution in [0, 0.1) is 0 Å². The first kappa shape index (κ1) is 12.3. The van der Waals surface area contributed by atoms with E-state index in [4.69, 9.17) is 11.6 Å². The van der Waals surface area contributed by atoms with Gasteiger partial charge in [0.2, 0.25) is 0 Å². The number of aliphatic imine (C=N–C) groups is 1. The van der Waals surface area contributed by atoms with E-state index in [1.165, 1.54) is 0 Å². The second-order valence-electron chi connectivity index (χ2n) is 3.47. The van der Waals surface area contributed by atoms with Crippen LogP contribution in [0.15, 0.2) is 29.3 Å². The lowest BCUT2D eigenvalue weighted by molar-refractivity contribution is 0.245. The molecule has 90 valence electrons. The third-order valence-corrected chi connectivity index (χ3v) is 3.27. The number of rotatable bonds is 2. The van der Waals surface area contributed by atoms with Crippen molar-refractivity contribution >= 4 is 34.6 Å². The molecule has 0 aromatic heterocycles. The van der Waals surface area contributed by atoms with E-state index in [1.54, 1.807) is 17.8 Å². The molecule has 6 heteroatoms. The Morgan fingerprint density at radius 3 is 3.12 bits per heavy atom. The van der Waals surface area contributed by atoms with Crippen LogP contribution in [0.5, 0.6) is 0 Å². The van der Waals surface area contributed by atoms with E-state index in [2.05, 4.69) is 15.6 Å². The summed E-state index contributed by atoms with van der Waals surface area (Å²) in [6.45, 7) is 1.22. The zero-order chi connectivity index (χ0) is 12.1. The third-order valence-electron chi connectivity index (χ3n) is 2.15. The fourth-order valence-electron chi connectivity index (χ4n) is 1.38. The molecule has 0 unspecified atom stereocenters. The minimum absolute atomic E-state index is 0.238. The van der Waals surface area contributed by atoms with Crippen molar-refractivity contribution in [3.63, 3.8) is 0 Å². The van der Waals surface area contributed by atoms with Crippen molar-refractivity contribution in [2.45, 2.75) is 6.54 Å². The number of amidine groups is 1. The average molecular weight is 270 g/mol.